The number of rotatable bonds is 8. The zero-order chi connectivity index (χ0) is 29.8. The fraction of sp³-hybridized carbons (Fsp3) is 0.424. The van der Waals surface area contributed by atoms with Crippen LogP contribution in [0.3, 0.4) is 0 Å². The highest BCUT2D eigenvalue weighted by atomic mass is 16.6. The van der Waals surface area contributed by atoms with Crippen LogP contribution < -0.4 is 5.32 Å². The number of hydrogen-bond donors (Lipinski definition) is 2. The van der Waals surface area contributed by atoms with E-state index in [0.717, 1.165) is 27.9 Å². The molecule has 0 spiro atoms. The van der Waals surface area contributed by atoms with Gasteiger partial charge in [-0.3, -0.25) is 9.88 Å². The van der Waals surface area contributed by atoms with Crippen molar-refractivity contribution in [3.05, 3.63) is 89.6 Å². The minimum absolute atomic E-state index is 0.334. The third-order valence-electron chi connectivity index (χ3n) is 7.16. The maximum Gasteiger partial charge on any atom is 0.409 e. The van der Waals surface area contributed by atoms with Gasteiger partial charge in [0.25, 0.3) is 0 Å². The number of hydrogen-bond acceptors (Lipinski definition) is 5. The number of carbonyl (C=O) groups is 2. The Kier molecular flexibility index (Phi) is 9.02. The van der Waals surface area contributed by atoms with Crippen LogP contribution in [0.5, 0.6) is 0 Å². The van der Waals surface area contributed by atoms with Gasteiger partial charge in [-0.25, -0.2) is 9.59 Å². The highest BCUT2D eigenvalue weighted by Crippen LogP contribution is 2.36. The molecule has 218 valence electrons. The van der Waals surface area contributed by atoms with Gasteiger partial charge in [0.15, 0.2) is 0 Å². The van der Waals surface area contributed by atoms with E-state index in [4.69, 9.17) is 9.47 Å². The summed E-state index contributed by atoms with van der Waals surface area (Å²) >= 11 is 0. The van der Waals surface area contributed by atoms with Gasteiger partial charge in [0.2, 0.25) is 0 Å². The van der Waals surface area contributed by atoms with Crippen LogP contribution in [0.2, 0.25) is 0 Å². The zero-order valence-corrected chi connectivity index (χ0v) is 24.8. The maximum atomic E-state index is 12.8. The molecule has 1 aromatic heterocycles. The van der Waals surface area contributed by atoms with E-state index in [9.17, 15) is 14.7 Å². The number of nitrogens with one attached hydrogen (secondary N) is 1. The molecule has 3 atom stereocenters. The van der Waals surface area contributed by atoms with Gasteiger partial charge in [-0.05, 0) is 89.6 Å². The third kappa shape index (κ3) is 8.07. The molecule has 2 amide bonds. The van der Waals surface area contributed by atoms with Crippen LogP contribution in [0.25, 0.3) is 11.3 Å². The topological polar surface area (TPSA) is 101 Å². The SMILES string of the molecule is Cc1ccnc(-c2ccc(C[C@H]3[C@H](C[C@@H](Cc4ccccc4)NC(=O)OC(C)(C)C)OC(C)(C)N3C(=O)O)cc2)c1. The number of amides is 2. The lowest BCUT2D eigenvalue weighted by Gasteiger charge is -2.31. The van der Waals surface area contributed by atoms with Gasteiger partial charge in [0.05, 0.1) is 17.8 Å². The number of carboxylic acid groups (broad SMARTS) is 1. The van der Waals surface area contributed by atoms with Crippen molar-refractivity contribution in [3.63, 3.8) is 0 Å². The Morgan fingerprint density at radius 1 is 1.07 bits per heavy atom. The number of nitrogens with zero attached hydrogens (tertiary/aromatic N) is 2. The Labute approximate surface area is 242 Å². The molecule has 3 aromatic rings. The summed E-state index contributed by atoms with van der Waals surface area (Å²) in [5.74, 6) is 0. The number of aromatic nitrogens is 1. The van der Waals surface area contributed by atoms with Gasteiger partial charge < -0.3 is 19.9 Å². The quantitative estimate of drug-likeness (QED) is 0.322. The molecule has 1 aliphatic heterocycles. The van der Waals surface area contributed by atoms with E-state index in [1.54, 1.807) is 20.0 Å². The number of carbonyl (C=O) groups excluding carboxylic acids is 1. The largest absolute Gasteiger partial charge is 0.465 e. The number of ether oxygens (including phenoxy) is 2. The summed E-state index contributed by atoms with van der Waals surface area (Å²) in [4.78, 5) is 31.2. The van der Waals surface area contributed by atoms with Crippen molar-refractivity contribution in [2.24, 2.45) is 0 Å². The van der Waals surface area contributed by atoms with Crippen LogP contribution in [-0.4, -0.2) is 56.7 Å². The average Bonchev–Trinajstić information content (AvgIpc) is 3.12. The Bertz CT molecular complexity index is 1330. The van der Waals surface area contributed by atoms with Gasteiger partial charge >= 0.3 is 12.2 Å². The molecule has 8 nitrogen and oxygen atoms in total. The molecule has 2 heterocycles. The minimum atomic E-state index is -1.04. The molecular weight excluding hydrogens is 518 g/mol. The second kappa shape index (κ2) is 12.3. The molecule has 2 aromatic carbocycles. The van der Waals surface area contributed by atoms with E-state index in [1.165, 1.54) is 4.90 Å². The van der Waals surface area contributed by atoms with E-state index >= 15 is 0 Å². The molecule has 0 unspecified atom stereocenters. The normalized spacial score (nSPS) is 19.0. The second-order valence-corrected chi connectivity index (χ2v) is 12.2. The lowest BCUT2D eigenvalue weighted by atomic mass is 9.93. The van der Waals surface area contributed by atoms with E-state index in [0.29, 0.717) is 19.3 Å². The van der Waals surface area contributed by atoms with Gasteiger partial charge in [0, 0.05) is 17.8 Å². The van der Waals surface area contributed by atoms with E-state index < -0.39 is 35.7 Å². The van der Waals surface area contributed by atoms with Crippen molar-refractivity contribution in [1.29, 1.82) is 0 Å². The van der Waals surface area contributed by atoms with Crippen LogP contribution in [-0.2, 0) is 22.3 Å². The third-order valence-corrected chi connectivity index (χ3v) is 7.16. The van der Waals surface area contributed by atoms with Crippen LogP contribution >= 0.6 is 0 Å². The number of benzene rings is 2. The fourth-order valence-electron chi connectivity index (χ4n) is 5.47. The van der Waals surface area contributed by atoms with E-state index in [2.05, 4.69) is 10.3 Å². The van der Waals surface area contributed by atoms with Gasteiger partial charge in [-0.1, -0.05) is 54.6 Å². The molecule has 0 aliphatic carbocycles. The second-order valence-electron chi connectivity index (χ2n) is 12.2. The molecule has 41 heavy (non-hydrogen) atoms. The summed E-state index contributed by atoms with van der Waals surface area (Å²) in [6.45, 7) is 11.0. The lowest BCUT2D eigenvalue weighted by Crippen LogP contribution is -2.49. The first-order valence-electron chi connectivity index (χ1n) is 14.1. The van der Waals surface area contributed by atoms with Crippen molar-refractivity contribution < 1.29 is 24.2 Å². The zero-order valence-electron chi connectivity index (χ0n) is 24.8. The summed E-state index contributed by atoms with van der Waals surface area (Å²) in [5, 5.41) is 13.2. The molecule has 0 radical (unpaired) electrons. The predicted molar refractivity (Wildman–Crippen MR) is 159 cm³/mol. The van der Waals surface area contributed by atoms with Crippen molar-refractivity contribution in [3.8, 4) is 11.3 Å². The molecular formula is C33H41N3O5. The minimum Gasteiger partial charge on any atom is -0.465 e. The average molecular weight is 560 g/mol. The van der Waals surface area contributed by atoms with Crippen LogP contribution in [0.4, 0.5) is 9.59 Å². The molecule has 0 saturated carbocycles. The highest BCUT2D eigenvalue weighted by Gasteiger charge is 2.50. The lowest BCUT2D eigenvalue weighted by molar-refractivity contribution is -0.0695. The Hall–Kier alpha value is -3.91. The summed E-state index contributed by atoms with van der Waals surface area (Å²) < 4.78 is 12.0. The summed E-state index contributed by atoms with van der Waals surface area (Å²) in [5.41, 5.74) is 3.39. The molecule has 8 heteroatoms. The fourth-order valence-corrected chi connectivity index (χ4v) is 5.47. The number of alkyl carbamates (subject to hydrolysis) is 1. The molecule has 2 N–H and O–H groups in total. The summed E-state index contributed by atoms with van der Waals surface area (Å²) in [6.07, 6.45) is 1.22. The maximum absolute atomic E-state index is 12.8. The van der Waals surface area contributed by atoms with E-state index in [-0.39, 0.29) is 6.04 Å². The monoisotopic (exact) mass is 559 g/mol. The summed E-state index contributed by atoms with van der Waals surface area (Å²) in [6, 6.07) is 21.2. The molecule has 1 aliphatic rings. The van der Waals surface area contributed by atoms with Crippen molar-refractivity contribution >= 4 is 12.2 Å². The number of aryl methyl sites for hydroxylation is 1. The number of pyridine rings is 1. The standard InChI is InChI=1S/C33H41N3O5/c1-22-16-17-34-27(18-22)25-14-12-24(13-15-25)20-28-29(40-33(5,6)36(28)31(38)39)21-26(19-23-10-8-7-9-11-23)35-30(37)41-32(2,3)4/h7-18,26,28-29H,19-21H2,1-6H3,(H,35,37)(H,38,39)/t26-,28+,29+/m1/s1. The highest BCUT2D eigenvalue weighted by molar-refractivity contribution is 5.68. The Morgan fingerprint density at radius 2 is 1.76 bits per heavy atom. The van der Waals surface area contributed by atoms with Crippen molar-refractivity contribution in [2.75, 3.05) is 0 Å². The molecule has 1 saturated heterocycles. The molecule has 4 rings (SSSR count). The van der Waals surface area contributed by atoms with Crippen LogP contribution in [0.1, 0.15) is 57.7 Å². The van der Waals surface area contributed by atoms with Crippen LogP contribution in [0, 0.1) is 6.92 Å². The van der Waals surface area contributed by atoms with Gasteiger partial charge in [-0.2, -0.15) is 0 Å². The van der Waals surface area contributed by atoms with Gasteiger partial charge in [0.1, 0.15) is 11.3 Å². The first-order chi connectivity index (χ1) is 19.3. The van der Waals surface area contributed by atoms with Crippen molar-refractivity contribution in [1.82, 2.24) is 15.2 Å². The van der Waals surface area contributed by atoms with Crippen molar-refractivity contribution in [2.45, 2.75) is 90.3 Å². The predicted octanol–water partition coefficient (Wildman–Crippen LogP) is 6.61. The summed E-state index contributed by atoms with van der Waals surface area (Å²) in [7, 11) is 0. The van der Waals surface area contributed by atoms with Crippen LogP contribution in [0.15, 0.2) is 72.9 Å². The Balaban J connectivity index is 1.58. The smallest absolute Gasteiger partial charge is 0.409 e. The van der Waals surface area contributed by atoms with Gasteiger partial charge in [-0.15, -0.1) is 0 Å². The first-order valence-corrected chi connectivity index (χ1v) is 14.1. The molecule has 0 bridgehead atoms. The Morgan fingerprint density at radius 3 is 2.37 bits per heavy atom. The van der Waals surface area contributed by atoms with E-state index in [1.807, 2.05) is 94.4 Å². The molecule has 1 fully saturated rings. The first kappa shape index (κ1) is 30.1.